The van der Waals surface area contributed by atoms with Crippen LogP contribution in [-0.2, 0) is 4.79 Å². The van der Waals surface area contributed by atoms with E-state index in [0.29, 0.717) is 17.6 Å². The van der Waals surface area contributed by atoms with Gasteiger partial charge in [-0.3, -0.25) is 4.79 Å². The molecule has 2 atom stereocenters. The van der Waals surface area contributed by atoms with Crippen LogP contribution in [0.2, 0.25) is 0 Å². The fourth-order valence-corrected chi connectivity index (χ4v) is 1.10. The monoisotopic (exact) mass is 94.0 g/mol. The largest absolute Gasteiger partial charge is 0.295 e. The second-order valence-corrected chi connectivity index (χ2v) is 2.27. The quantitative estimate of drug-likeness (QED) is 0.433. The van der Waals surface area contributed by atoms with Crippen molar-refractivity contribution in [2.45, 2.75) is 6.42 Å². The zero-order valence-corrected chi connectivity index (χ0v) is 3.92. The zero-order chi connectivity index (χ0) is 4.85. The van der Waals surface area contributed by atoms with E-state index < -0.39 is 0 Å². The number of carbonyl (C=O) groups is 1. The Labute approximate surface area is 42.0 Å². The lowest BCUT2D eigenvalue weighted by Crippen LogP contribution is -1.89. The summed E-state index contributed by atoms with van der Waals surface area (Å²) < 4.78 is 0. The van der Waals surface area contributed by atoms with Gasteiger partial charge in [-0.25, -0.2) is 0 Å². The van der Waals surface area contributed by atoms with Gasteiger partial charge in [0.05, 0.1) is 0 Å². The first kappa shape index (κ1) is 3.42. The van der Waals surface area contributed by atoms with Crippen molar-refractivity contribution in [3.63, 3.8) is 0 Å². The standard InChI is InChI=1S/C6H6O/c7-6-2-1-4-3-5(4)6/h1-2,4-5H,3H2/t4-,5+/m1/s1. The summed E-state index contributed by atoms with van der Waals surface area (Å²) in [6.45, 7) is 0. The van der Waals surface area contributed by atoms with Crippen molar-refractivity contribution in [1.82, 2.24) is 0 Å². The van der Waals surface area contributed by atoms with Gasteiger partial charge in [-0.15, -0.1) is 0 Å². The Morgan fingerprint density at radius 2 is 2.57 bits per heavy atom. The lowest BCUT2D eigenvalue weighted by atomic mass is 10.3. The van der Waals surface area contributed by atoms with E-state index in [1.165, 1.54) is 0 Å². The molecule has 0 amide bonds. The molecule has 0 aromatic rings. The van der Waals surface area contributed by atoms with Gasteiger partial charge in [0.15, 0.2) is 5.78 Å². The van der Waals surface area contributed by atoms with E-state index in [1.807, 2.05) is 6.08 Å². The van der Waals surface area contributed by atoms with E-state index in [4.69, 9.17) is 0 Å². The Kier molecular flexibility index (Phi) is 0.394. The second kappa shape index (κ2) is 0.808. The molecular weight excluding hydrogens is 88.1 g/mol. The Morgan fingerprint density at radius 3 is 2.71 bits per heavy atom. The Bertz CT molecular complexity index is 146. The minimum Gasteiger partial charge on any atom is -0.295 e. The minimum absolute atomic E-state index is 0.352. The molecule has 36 valence electrons. The van der Waals surface area contributed by atoms with Crippen LogP contribution in [0.15, 0.2) is 12.2 Å². The minimum atomic E-state index is 0.352. The van der Waals surface area contributed by atoms with Gasteiger partial charge in [0, 0.05) is 5.92 Å². The maximum atomic E-state index is 10.5. The number of allylic oxidation sites excluding steroid dienone is 2. The smallest absolute Gasteiger partial charge is 0.159 e. The van der Waals surface area contributed by atoms with Gasteiger partial charge in [0.1, 0.15) is 0 Å². The Morgan fingerprint density at radius 1 is 1.71 bits per heavy atom. The third-order valence-corrected chi connectivity index (χ3v) is 1.71. The average molecular weight is 94.1 g/mol. The van der Waals surface area contributed by atoms with Gasteiger partial charge in [0.2, 0.25) is 0 Å². The molecule has 1 nitrogen and oxygen atoms in total. The van der Waals surface area contributed by atoms with Crippen molar-refractivity contribution < 1.29 is 4.79 Å². The summed E-state index contributed by atoms with van der Waals surface area (Å²) in [6, 6.07) is 0. The van der Waals surface area contributed by atoms with Crippen molar-refractivity contribution in [3.05, 3.63) is 12.2 Å². The summed E-state index contributed by atoms with van der Waals surface area (Å²) in [7, 11) is 0. The molecule has 0 aliphatic heterocycles. The average Bonchev–Trinajstić information content (AvgIpc) is 2.33. The molecule has 0 saturated heterocycles. The number of hydrogen-bond acceptors (Lipinski definition) is 1. The lowest BCUT2D eigenvalue weighted by molar-refractivity contribution is -0.115. The molecule has 2 aliphatic carbocycles. The van der Waals surface area contributed by atoms with E-state index in [1.54, 1.807) is 6.08 Å². The molecule has 2 rings (SSSR count). The molecule has 0 spiro atoms. The first-order chi connectivity index (χ1) is 3.38. The molecule has 0 aromatic carbocycles. The molecule has 0 aromatic heterocycles. The highest BCUT2D eigenvalue weighted by Gasteiger charge is 2.43. The SMILES string of the molecule is O=C1C=C[C@@H]2C[C@H]12. The van der Waals surface area contributed by atoms with Crippen LogP contribution in [0.4, 0.5) is 0 Å². The normalized spacial score (nSPS) is 44.3. The number of rotatable bonds is 0. The maximum Gasteiger partial charge on any atom is 0.159 e. The highest BCUT2D eigenvalue weighted by atomic mass is 16.1. The van der Waals surface area contributed by atoms with Gasteiger partial charge in [-0.2, -0.15) is 0 Å². The van der Waals surface area contributed by atoms with Gasteiger partial charge < -0.3 is 0 Å². The van der Waals surface area contributed by atoms with Crippen molar-refractivity contribution in [3.8, 4) is 0 Å². The van der Waals surface area contributed by atoms with E-state index in [-0.39, 0.29) is 0 Å². The third kappa shape index (κ3) is 0.303. The van der Waals surface area contributed by atoms with E-state index in [2.05, 4.69) is 0 Å². The topological polar surface area (TPSA) is 17.1 Å². The summed E-state index contributed by atoms with van der Waals surface area (Å²) in [5, 5.41) is 0. The number of ketones is 1. The van der Waals surface area contributed by atoms with E-state index >= 15 is 0 Å². The Hall–Kier alpha value is -0.590. The van der Waals surface area contributed by atoms with Crippen molar-refractivity contribution in [2.75, 3.05) is 0 Å². The summed E-state index contributed by atoms with van der Waals surface area (Å²) in [6.07, 6.45) is 4.86. The number of fused-ring (bicyclic) bond motifs is 1. The van der Waals surface area contributed by atoms with Crippen LogP contribution in [0.3, 0.4) is 0 Å². The van der Waals surface area contributed by atoms with Crippen LogP contribution in [0.5, 0.6) is 0 Å². The van der Waals surface area contributed by atoms with Crippen LogP contribution < -0.4 is 0 Å². The van der Waals surface area contributed by atoms with Crippen molar-refractivity contribution >= 4 is 5.78 Å². The summed E-state index contributed by atoms with van der Waals surface area (Å²) >= 11 is 0. The summed E-state index contributed by atoms with van der Waals surface area (Å²) in [5.74, 6) is 1.44. The predicted octanol–water partition coefficient (Wildman–Crippen LogP) is 0.761. The highest BCUT2D eigenvalue weighted by Crippen LogP contribution is 2.44. The molecule has 2 aliphatic rings. The van der Waals surface area contributed by atoms with Gasteiger partial charge in [-0.05, 0) is 18.4 Å². The predicted molar refractivity (Wildman–Crippen MR) is 25.7 cm³/mol. The summed E-state index contributed by atoms with van der Waals surface area (Å²) in [4.78, 5) is 10.5. The fourth-order valence-electron chi connectivity index (χ4n) is 1.10. The maximum absolute atomic E-state index is 10.5. The van der Waals surface area contributed by atoms with Crippen LogP contribution in [0, 0.1) is 11.8 Å². The third-order valence-electron chi connectivity index (χ3n) is 1.71. The summed E-state index contributed by atoms with van der Waals surface area (Å²) in [5.41, 5.74) is 0. The van der Waals surface area contributed by atoms with Crippen LogP contribution in [0.25, 0.3) is 0 Å². The molecular formula is C6H6O. The fraction of sp³-hybridized carbons (Fsp3) is 0.500. The first-order valence-corrected chi connectivity index (χ1v) is 2.60. The second-order valence-electron chi connectivity index (χ2n) is 2.27. The number of hydrogen-bond donors (Lipinski definition) is 0. The molecule has 0 bridgehead atoms. The lowest BCUT2D eigenvalue weighted by Gasteiger charge is -1.74. The molecule has 1 fully saturated rings. The van der Waals surface area contributed by atoms with Gasteiger partial charge in [0.25, 0.3) is 0 Å². The van der Waals surface area contributed by atoms with E-state index in [9.17, 15) is 4.79 Å². The molecule has 0 heterocycles. The molecule has 0 N–H and O–H groups in total. The van der Waals surface area contributed by atoms with Crippen LogP contribution >= 0.6 is 0 Å². The molecule has 1 saturated carbocycles. The van der Waals surface area contributed by atoms with E-state index in [0.717, 1.165) is 6.42 Å². The Balaban J connectivity index is 2.37. The molecule has 0 unspecified atom stereocenters. The van der Waals surface area contributed by atoms with Crippen molar-refractivity contribution in [2.24, 2.45) is 11.8 Å². The molecule has 1 heteroatoms. The first-order valence-electron chi connectivity index (χ1n) is 2.60. The van der Waals surface area contributed by atoms with Crippen LogP contribution in [0.1, 0.15) is 6.42 Å². The van der Waals surface area contributed by atoms with Crippen LogP contribution in [-0.4, -0.2) is 5.78 Å². The molecule has 0 radical (unpaired) electrons. The number of carbonyl (C=O) groups excluding carboxylic acids is 1. The highest BCUT2D eigenvalue weighted by molar-refractivity contribution is 5.97. The van der Waals surface area contributed by atoms with Crippen molar-refractivity contribution in [1.29, 1.82) is 0 Å². The molecule has 7 heavy (non-hydrogen) atoms. The zero-order valence-electron chi connectivity index (χ0n) is 3.92. The van der Waals surface area contributed by atoms with Gasteiger partial charge in [-0.1, -0.05) is 6.08 Å². The van der Waals surface area contributed by atoms with Gasteiger partial charge >= 0.3 is 0 Å².